The summed E-state index contributed by atoms with van der Waals surface area (Å²) in [5, 5.41) is 4.00. The van der Waals surface area contributed by atoms with Gasteiger partial charge in [-0.25, -0.2) is 0 Å². The second kappa shape index (κ2) is 4.22. The number of aromatic nitrogens is 4. The summed E-state index contributed by atoms with van der Waals surface area (Å²) in [6.45, 7) is -1.03. The molecule has 1 saturated carbocycles. The van der Waals surface area contributed by atoms with Gasteiger partial charge in [-0.2, -0.15) is 32.8 Å². The van der Waals surface area contributed by atoms with Crippen molar-refractivity contribution in [1.82, 2.24) is 19.6 Å². The molecule has 19 heavy (non-hydrogen) atoms. The fourth-order valence-corrected chi connectivity index (χ4v) is 2.12. The van der Waals surface area contributed by atoms with Gasteiger partial charge in [0.05, 0.1) is 0 Å². The molecule has 9 heteroatoms. The second-order valence-corrected chi connectivity index (χ2v) is 4.77. The molecule has 0 N–H and O–H groups in total. The van der Waals surface area contributed by atoms with Crippen molar-refractivity contribution in [2.75, 3.05) is 11.4 Å². The van der Waals surface area contributed by atoms with Crippen LogP contribution in [0.2, 0.25) is 5.15 Å². The molecule has 1 fully saturated rings. The molecule has 0 amide bonds. The molecule has 2 aromatic rings. The Hall–Kier alpha value is -1.57. The van der Waals surface area contributed by atoms with Gasteiger partial charge in [0.25, 0.3) is 5.78 Å². The quantitative estimate of drug-likeness (QED) is 0.814. The molecule has 0 aliphatic heterocycles. The van der Waals surface area contributed by atoms with Crippen LogP contribution in [0.3, 0.4) is 0 Å². The molecule has 0 aromatic carbocycles. The molecule has 0 spiro atoms. The van der Waals surface area contributed by atoms with Gasteiger partial charge >= 0.3 is 6.18 Å². The summed E-state index contributed by atoms with van der Waals surface area (Å²) in [7, 11) is 0. The van der Waals surface area contributed by atoms with Gasteiger partial charge in [-0.05, 0) is 12.8 Å². The zero-order valence-electron chi connectivity index (χ0n) is 9.60. The Balaban J connectivity index is 2.06. The summed E-state index contributed by atoms with van der Waals surface area (Å²) < 4.78 is 39.3. The van der Waals surface area contributed by atoms with Crippen molar-refractivity contribution in [1.29, 1.82) is 0 Å². The Morgan fingerprint density at radius 1 is 1.42 bits per heavy atom. The van der Waals surface area contributed by atoms with Gasteiger partial charge in [0.15, 0.2) is 0 Å². The van der Waals surface area contributed by atoms with Crippen molar-refractivity contribution in [3.63, 3.8) is 0 Å². The van der Waals surface area contributed by atoms with Crippen LogP contribution in [0.4, 0.5) is 19.0 Å². The number of nitrogens with zero attached hydrogens (tertiary/aromatic N) is 5. The number of hydrogen-bond acceptors (Lipinski definition) is 4. The van der Waals surface area contributed by atoms with E-state index in [2.05, 4.69) is 15.1 Å². The van der Waals surface area contributed by atoms with E-state index in [0.717, 1.165) is 12.8 Å². The number of anilines is 1. The van der Waals surface area contributed by atoms with Crippen LogP contribution in [-0.2, 0) is 0 Å². The maximum absolute atomic E-state index is 12.7. The first-order chi connectivity index (χ1) is 8.94. The zero-order chi connectivity index (χ0) is 13.6. The summed E-state index contributed by atoms with van der Waals surface area (Å²) in [5.41, 5.74) is 0. The third-order valence-electron chi connectivity index (χ3n) is 2.83. The lowest BCUT2D eigenvalue weighted by molar-refractivity contribution is -0.120. The molecule has 0 unspecified atom stereocenters. The fraction of sp³-hybridized carbons (Fsp3) is 0.500. The maximum atomic E-state index is 12.7. The lowest BCUT2D eigenvalue weighted by atomic mass is 10.4. The van der Waals surface area contributed by atoms with Crippen LogP contribution in [0.1, 0.15) is 12.8 Å². The Labute approximate surface area is 111 Å². The van der Waals surface area contributed by atoms with Gasteiger partial charge < -0.3 is 4.90 Å². The molecule has 102 valence electrons. The van der Waals surface area contributed by atoms with E-state index in [1.807, 2.05) is 0 Å². The highest BCUT2D eigenvalue weighted by Gasteiger charge is 2.39. The summed E-state index contributed by atoms with van der Waals surface area (Å²) in [5.74, 6) is 0.461. The van der Waals surface area contributed by atoms with E-state index in [4.69, 9.17) is 11.6 Å². The molecule has 2 heterocycles. The minimum Gasteiger partial charge on any atom is -0.344 e. The molecule has 0 bridgehead atoms. The van der Waals surface area contributed by atoms with Crippen molar-refractivity contribution in [3.05, 3.63) is 17.5 Å². The summed E-state index contributed by atoms with van der Waals surface area (Å²) in [4.78, 5) is 9.01. The van der Waals surface area contributed by atoms with Gasteiger partial charge in [-0.15, -0.1) is 0 Å². The molecule has 5 nitrogen and oxygen atoms in total. The maximum Gasteiger partial charge on any atom is 0.405 e. The Bertz CT molecular complexity index is 607. The second-order valence-electron chi connectivity index (χ2n) is 4.38. The average molecular weight is 292 g/mol. The van der Waals surface area contributed by atoms with Gasteiger partial charge in [-0.3, -0.25) is 0 Å². The Morgan fingerprint density at radius 3 is 2.79 bits per heavy atom. The third kappa shape index (κ3) is 2.58. The molecule has 0 saturated heterocycles. The highest BCUT2D eigenvalue weighted by atomic mass is 35.5. The minimum absolute atomic E-state index is 0.100. The van der Waals surface area contributed by atoms with Crippen molar-refractivity contribution in [2.45, 2.75) is 25.1 Å². The van der Waals surface area contributed by atoms with Gasteiger partial charge in [-0.1, -0.05) is 11.6 Å². The lowest BCUT2D eigenvalue weighted by Crippen LogP contribution is -2.37. The largest absolute Gasteiger partial charge is 0.405 e. The lowest BCUT2D eigenvalue weighted by Gasteiger charge is -2.25. The van der Waals surface area contributed by atoms with E-state index in [9.17, 15) is 13.2 Å². The molecular formula is C10H9ClF3N5. The number of hydrogen-bond donors (Lipinski definition) is 0. The summed E-state index contributed by atoms with van der Waals surface area (Å²) in [6, 6.07) is 1.25. The molecule has 2 aromatic heterocycles. The molecular weight excluding hydrogens is 283 g/mol. The zero-order valence-corrected chi connectivity index (χ0v) is 10.4. The summed E-state index contributed by atoms with van der Waals surface area (Å²) in [6.07, 6.45) is -1.59. The van der Waals surface area contributed by atoms with Gasteiger partial charge in [0, 0.05) is 12.1 Å². The third-order valence-corrected chi connectivity index (χ3v) is 3.03. The van der Waals surface area contributed by atoms with Crippen LogP contribution < -0.4 is 4.90 Å². The molecule has 0 atom stereocenters. The van der Waals surface area contributed by atoms with Crippen LogP contribution in [0.25, 0.3) is 5.78 Å². The predicted molar refractivity (Wildman–Crippen MR) is 62.2 cm³/mol. The number of alkyl halides is 3. The number of rotatable bonds is 3. The van der Waals surface area contributed by atoms with E-state index >= 15 is 0 Å². The number of halogens is 4. The first kappa shape index (κ1) is 12.5. The van der Waals surface area contributed by atoms with Gasteiger partial charge in [0.1, 0.15) is 23.8 Å². The smallest absolute Gasteiger partial charge is 0.344 e. The van der Waals surface area contributed by atoms with Crippen LogP contribution >= 0.6 is 11.6 Å². The predicted octanol–water partition coefficient (Wildman–Crippen LogP) is 2.31. The van der Waals surface area contributed by atoms with Crippen molar-refractivity contribution in [2.24, 2.45) is 0 Å². The van der Waals surface area contributed by atoms with Crippen LogP contribution in [0.5, 0.6) is 0 Å². The highest BCUT2D eigenvalue weighted by Crippen LogP contribution is 2.34. The standard InChI is InChI=1S/C10H9ClF3N5/c11-7-3-8(19-9(17-7)15-5-16-19)18(6-1-2-6)4-10(12,13)14/h3,5-6H,1-2,4H2. The Morgan fingerprint density at radius 2 is 2.16 bits per heavy atom. The Kier molecular flexibility index (Phi) is 2.77. The van der Waals surface area contributed by atoms with Crippen molar-refractivity contribution in [3.8, 4) is 0 Å². The monoisotopic (exact) mass is 291 g/mol. The van der Waals surface area contributed by atoms with Crippen LogP contribution in [0, 0.1) is 0 Å². The molecule has 1 aliphatic carbocycles. The minimum atomic E-state index is -4.29. The normalized spacial score (nSPS) is 16.0. The fourth-order valence-electron chi connectivity index (χ4n) is 1.95. The van der Waals surface area contributed by atoms with E-state index < -0.39 is 12.7 Å². The summed E-state index contributed by atoms with van der Waals surface area (Å²) >= 11 is 5.82. The SMILES string of the molecule is FC(F)(F)CN(c1cc(Cl)nc2ncnn12)C1CC1. The highest BCUT2D eigenvalue weighted by molar-refractivity contribution is 6.29. The topological polar surface area (TPSA) is 46.3 Å². The van der Waals surface area contributed by atoms with E-state index in [1.165, 1.54) is 21.8 Å². The number of fused-ring (bicyclic) bond motifs is 1. The van der Waals surface area contributed by atoms with Crippen molar-refractivity contribution < 1.29 is 13.2 Å². The first-order valence-corrected chi connectivity index (χ1v) is 6.01. The van der Waals surface area contributed by atoms with E-state index in [1.54, 1.807) is 0 Å². The average Bonchev–Trinajstić information content (AvgIpc) is 3.03. The van der Waals surface area contributed by atoms with E-state index in [-0.39, 0.29) is 22.8 Å². The molecule has 1 aliphatic rings. The molecule has 0 radical (unpaired) electrons. The first-order valence-electron chi connectivity index (χ1n) is 5.64. The van der Waals surface area contributed by atoms with Crippen LogP contribution in [0.15, 0.2) is 12.4 Å². The van der Waals surface area contributed by atoms with Crippen molar-refractivity contribution >= 4 is 23.2 Å². The molecule has 3 rings (SSSR count). The van der Waals surface area contributed by atoms with E-state index in [0.29, 0.717) is 0 Å². The van der Waals surface area contributed by atoms with Gasteiger partial charge in [0.2, 0.25) is 0 Å². The van der Waals surface area contributed by atoms with Crippen LogP contribution in [-0.4, -0.2) is 38.3 Å².